The van der Waals surface area contributed by atoms with Crippen molar-refractivity contribution in [2.75, 3.05) is 17.7 Å². The molecule has 0 unspecified atom stereocenters. The molecule has 0 atom stereocenters. The number of ether oxygens (including phenoxy) is 1. The van der Waals surface area contributed by atoms with Gasteiger partial charge in [0.2, 0.25) is 0 Å². The summed E-state index contributed by atoms with van der Waals surface area (Å²) >= 11 is 1.43. The quantitative estimate of drug-likeness (QED) is 0.741. The second-order valence-electron chi connectivity index (χ2n) is 2.09. The van der Waals surface area contributed by atoms with E-state index in [0.29, 0.717) is 18.0 Å². The van der Waals surface area contributed by atoms with Crippen LogP contribution in [-0.4, -0.2) is 12.7 Å². The number of nitrogen functional groups attached to an aromatic ring is 1. The summed E-state index contributed by atoms with van der Waals surface area (Å²) in [5.74, 6) is 0. The zero-order chi connectivity index (χ0) is 8.97. The number of anilines is 2. The van der Waals surface area contributed by atoms with Gasteiger partial charge in [0.15, 0.2) is 0 Å². The normalized spacial score (nSPS) is 9.42. The summed E-state index contributed by atoms with van der Waals surface area (Å²) in [6.07, 6.45) is -0.470. The van der Waals surface area contributed by atoms with E-state index in [0.717, 1.165) is 0 Å². The summed E-state index contributed by atoms with van der Waals surface area (Å²) in [5.41, 5.74) is 6.70. The van der Waals surface area contributed by atoms with Gasteiger partial charge in [-0.15, -0.1) is 11.3 Å². The number of hydrogen-bond acceptors (Lipinski definition) is 4. The lowest BCUT2D eigenvalue weighted by Crippen LogP contribution is -2.13. The number of thiophene rings is 1. The number of hydrogen-bond donors (Lipinski definition) is 2. The van der Waals surface area contributed by atoms with Crippen LogP contribution in [0.25, 0.3) is 0 Å². The molecule has 0 radical (unpaired) electrons. The summed E-state index contributed by atoms with van der Waals surface area (Å²) in [6, 6.07) is 0. The molecule has 1 aromatic heterocycles. The molecule has 66 valence electrons. The lowest BCUT2D eigenvalue weighted by molar-refractivity contribution is 0.168. The Morgan fingerprint density at radius 3 is 3.00 bits per heavy atom. The maximum atomic E-state index is 10.9. The predicted octanol–water partition coefficient (Wildman–Crippen LogP) is 1.90. The van der Waals surface area contributed by atoms with Crippen molar-refractivity contribution in [3.8, 4) is 0 Å². The van der Waals surface area contributed by atoms with Crippen LogP contribution in [0.3, 0.4) is 0 Å². The number of rotatable bonds is 2. The third-order valence-corrected chi connectivity index (χ3v) is 1.97. The molecule has 1 rings (SSSR count). The van der Waals surface area contributed by atoms with Crippen LogP contribution in [0.1, 0.15) is 6.92 Å². The maximum absolute atomic E-state index is 10.9. The fourth-order valence-corrected chi connectivity index (χ4v) is 1.36. The van der Waals surface area contributed by atoms with E-state index in [1.807, 2.05) is 0 Å². The van der Waals surface area contributed by atoms with Crippen molar-refractivity contribution in [3.63, 3.8) is 0 Å². The molecule has 0 aliphatic carbocycles. The molecule has 4 nitrogen and oxygen atoms in total. The molecule has 12 heavy (non-hydrogen) atoms. The summed E-state index contributed by atoms with van der Waals surface area (Å²) < 4.78 is 4.67. The Labute approximate surface area is 74.3 Å². The highest BCUT2D eigenvalue weighted by atomic mass is 32.1. The van der Waals surface area contributed by atoms with E-state index in [4.69, 9.17) is 5.73 Å². The van der Waals surface area contributed by atoms with Crippen molar-refractivity contribution in [2.45, 2.75) is 6.92 Å². The lowest BCUT2D eigenvalue weighted by Gasteiger charge is -2.02. The van der Waals surface area contributed by atoms with Crippen LogP contribution in [0.5, 0.6) is 0 Å². The Bertz CT molecular complexity index is 272. The van der Waals surface area contributed by atoms with Crippen LogP contribution in [0.4, 0.5) is 16.2 Å². The minimum atomic E-state index is -0.470. The van der Waals surface area contributed by atoms with Crippen molar-refractivity contribution in [1.29, 1.82) is 0 Å². The van der Waals surface area contributed by atoms with Gasteiger partial charge in [-0.25, -0.2) is 4.79 Å². The monoisotopic (exact) mass is 186 g/mol. The molecule has 1 amide bonds. The van der Waals surface area contributed by atoms with Crippen LogP contribution < -0.4 is 11.1 Å². The Hall–Kier alpha value is -1.23. The lowest BCUT2D eigenvalue weighted by atomic mass is 10.4. The van der Waals surface area contributed by atoms with Gasteiger partial charge < -0.3 is 10.5 Å². The number of nitrogens with one attached hydrogen (secondary N) is 1. The van der Waals surface area contributed by atoms with E-state index in [2.05, 4.69) is 10.1 Å². The second-order valence-corrected chi connectivity index (χ2v) is 2.83. The third-order valence-electron chi connectivity index (χ3n) is 1.20. The summed E-state index contributed by atoms with van der Waals surface area (Å²) in [4.78, 5) is 10.9. The molecule has 1 heterocycles. The van der Waals surface area contributed by atoms with Gasteiger partial charge in [0, 0.05) is 10.8 Å². The van der Waals surface area contributed by atoms with Crippen LogP contribution >= 0.6 is 11.3 Å². The number of nitrogens with two attached hydrogens (primary N) is 1. The smallest absolute Gasteiger partial charge is 0.411 e. The fraction of sp³-hybridized carbons (Fsp3) is 0.286. The average Bonchev–Trinajstić information content (AvgIpc) is 2.37. The Kier molecular flexibility index (Phi) is 2.93. The minimum Gasteiger partial charge on any atom is -0.450 e. The first-order valence-electron chi connectivity index (χ1n) is 3.49. The molecule has 3 N–H and O–H groups in total. The molecule has 0 aliphatic heterocycles. The predicted molar refractivity (Wildman–Crippen MR) is 49.4 cm³/mol. The average molecular weight is 186 g/mol. The number of amides is 1. The van der Waals surface area contributed by atoms with Gasteiger partial charge in [-0.05, 0) is 6.92 Å². The molecule has 0 aromatic carbocycles. The molecular weight excluding hydrogens is 176 g/mol. The Balaban J connectivity index is 2.52. The van der Waals surface area contributed by atoms with Crippen molar-refractivity contribution in [2.24, 2.45) is 0 Å². The number of carbonyl (C=O) groups is 1. The zero-order valence-corrected chi connectivity index (χ0v) is 7.48. The largest absolute Gasteiger partial charge is 0.450 e. The van der Waals surface area contributed by atoms with E-state index in [9.17, 15) is 4.79 Å². The summed E-state index contributed by atoms with van der Waals surface area (Å²) in [5, 5.41) is 6.02. The van der Waals surface area contributed by atoms with Crippen LogP contribution in [0.15, 0.2) is 10.8 Å². The highest BCUT2D eigenvalue weighted by Gasteiger charge is 2.04. The SMILES string of the molecule is CCOC(=O)Nc1cscc1N. The Morgan fingerprint density at radius 2 is 2.50 bits per heavy atom. The van der Waals surface area contributed by atoms with Gasteiger partial charge in [-0.2, -0.15) is 0 Å². The van der Waals surface area contributed by atoms with Gasteiger partial charge in [-0.1, -0.05) is 0 Å². The molecule has 0 aliphatic rings. The van der Waals surface area contributed by atoms with E-state index in [1.54, 1.807) is 17.7 Å². The first-order chi connectivity index (χ1) is 5.74. The second kappa shape index (κ2) is 3.96. The van der Waals surface area contributed by atoms with Gasteiger partial charge >= 0.3 is 6.09 Å². The van der Waals surface area contributed by atoms with Gasteiger partial charge in [0.25, 0.3) is 0 Å². The van der Waals surface area contributed by atoms with E-state index < -0.39 is 6.09 Å². The molecule has 0 fully saturated rings. The van der Waals surface area contributed by atoms with E-state index in [-0.39, 0.29) is 0 Å². The molecule has 5 heteroatoms. The highest BCUT2D eigenvalue weighted by molar-refractivity contribution is 7.08. The Morgan fingerprint density at radius 1 is 1.75 bits per heavy atom. The minimum absolute atomic E-state index is 0.357. The molecule has 1 aromatic rings. The third kappa shape index (κ3) is 2.13. The number of carbonyl (C=O) groups excluding carboxylic acids is 1. The van der Waals surface area contributed by atoms with Gasteiger partial charge in [0.05, 0.1) is 18.0 Å². The van der Waals surface area contributed by atoms with Gasteiger partial charge in [-0.3, -0.25) is 5.32 Å². The molecular formula is C7H10N2O2S. The van der Waals surface area contributed by atoms with Crippen molar-refractivity contribution >= 4 is 28.8 Å². The van der Waals surface area contributed by atoms with Crippen molar-refractivity contribution < 1.29 is 9.53 Å². The van der Waals surface area contributed by atoms with Gasteiger partial charge in [0.1, 0.15) is 0 Å². The van der Waals surface area contributed by atoms with E-state index >= 15 is 0 Å². The van der Waals surface area contributed by atoms with Crippen LogP contribution in [0.2, 0.25) is 0 Å². The molecule has 0 spiro atoms. The standard InChI is InChI=1S/C7H10N2O2S/c1-2-11-7(10)9-6-4-12-3-5(6)8/h3-4H,2,8H2,1H3,(H,9,10). The molecule has 0 saturated heterocycles. The van der Waals surface area contributed by atoms with E-state index in [1.165, 1.54) is 11.3 Å². The molecule has 0 bridgehead atoms. The first kappa shape index (κ1) is 8.86. The summed E-state index contributed by atoms with van der Waals surface area (Å²) in [7, 11) is 0. The van der Waals surface area contributed by atoms with Crippen LogP contribution in [0, 0.1) is 0 Å². The topological polar surface area (TPSA) is 64.3 Å². The fourth-order valence-electron chi connectivity index (χ4n) is 0.686. The first-order valence-corrected chi connectivity index (χ1v) is 4.43. The maximum Gasteiger partial charge on any atom is 0.411 e. The zero-order valence-electron chi connectivity index (χ0n) is 6.66. The van der Waals surface area contributed by atoms with Crippen LogP contribution in [-0.2, 0) is 4.74 Å². The highest BCUT2D eigenvalue weighted by Crippen LogP contribution is 2.22. The summed E-state index contributed by atoms with van der Waals surface area (Å²) in [6.45, 7) is 2.10. The van der Waals surface area contributed by atoms with Crippen molar-refractivity contribution in [3.05, 3.63) is 10.8 Å². The van der Waals surface area contributed by atoms with Crippen molar-refractivity contribution in [1.82, 2.24) is 0 Å². The molecule has 0 saturated carbocycles.